The van der Waals surface area contributed by atoms with Crippen molar-refractivity contribution in [2.45, 2.75) is 57.5 Å². The van der Waals surface area contributed by atoms with Gasteiger partial charge in [-0.3, -0.25) is 14.6 Å². The molecule has 1 fully saturated rings. The van der Waals surface area contributed by atoms with E-state index < -0.39 is 36.4 Å². The lowest BCUT2D eigenvalue weighted by atomic mass is 9.83. The Kier molecular flexibility index (Phi) is 6.33. The number of carbonyl (C=O) groups excluding carboxylic acids is 2. The third-order valence-corrected chi connectivity index (χ3v) is 4.85. The number of esters is 1. The van der Waals surface area contributed by atoms with Crippen molar-refractivity contribution in [3.8, 4) is 5.75 Å². The second-order valence-electron chi connectivity index (χ2n) is 7.58. The SMILES string of the molecule is CCOC(=O)C(C)(CC(=O)c1cc(OCC(F)(F)F)c(C2CC2)cn1)c1noc(C)n1. The van der Waals surface area contributed by atoms with Crippen LogP contribution in [0.3, 0.4) is 0 Å². The van der Waals surface area contributed by atoms with Gasteiger partial charge < -0.3 is 14.0 Å². The molecule has 2 aromatic heterocycles. The van der Waals surface area contributed by atoms with Crippen LogP contribution < -0.4 is 4.74 Å². The molecule has 8 nitrogen and oxygen atoms in total. The number of hydrogen-bond donors (Lipinski definition) is 0. The van der Waals surface area contributed by atoms with Gasteiger partial charge in [0, 0.05) is 31.2 Å². The number of halogens is 3. The number of alkyl halides is 3. The second kappa shape index (κ2) is 8.64. The van der Waals surface area contributed by atoms with Gasteiger partial charge in [0.2, 0.25) is 5.89 Å². The first kappa shape index (κ1) is 22.7. The number of rotatable bonds is 9. The number of aryl methyl sites for hydroxylation is 1. The fourth-order valence-electron chi connectivity index (χ4n) is 3.05. The van der Waals surface area contributed by atoms with Crippen molar-refractivity contribution in [1.82, 2.24) is 15.1 Å². The lowest BCUT2D eigenvalue weighted by Crippen LogP contribution is -2.38. The van der Waals surface area contributed by atoms with Crippen LogP contribution in [0.5, 0.6) is 5.75 Å². The number of aromatic nitrogens is 3. The number of carbonyl (C=O) groups is 2. The lowest BCUT2D eigenvalue weighted by molar-refractivity contribution is -0.153. The summed E-state index contributed by atoms with van der Waals surface area (Å²) in [5.41, 5.74) is -1.16. The molecule has 1 aliphatic carbocycles. The van der Waals surface area contributed by atoms with Gasteiger partial charge in [-0.25, -0.2) is 0 Å². The molecule has 31 heavy (non-hydrogen) atoms. The van der Waals surface area contributed by atoms with Gasteiger partial charge in [-0.1, -0.05) is 5.16 Å². The van der Waals surface area contributed by atoms with Gasteiger partial charge in [0.15, 0.2) is 18.2 Å². The minimum Gasteiger partial charge on any atom is -0.484 e. The van der Waals surface area contributed by atoms with Crippen LogP contribution in [0.15, 0.2) is 16.8 Å². The van der Waals surface area contributed by atoms with Crippen molar-refractivity contribution in [3.63, 3.8) is 0 Å². The van der Waals surface area contributed by atoms with E-state index >= 15 is 0 Å². The van der Waals surface area contributed by atoms with Crippen LogP contribution in [-0.2, 0) is 14.9 Å². The van der Waals surface area contributed by atoms with Gasteiger partial charge in [0.1, 0.15) is 16.9 Å². The van der Waals surface area contributed by atoms with Crippen LogP contribution in [0.4, 0.5) is 13.2 Å². The monoisotopic (exact) mass is 441 g/mol. The van der Waals surface area contributed by atoms with Crippen LogP contribution in [0, 0.1) is 6.92 Å². The topological polar surface area (TPSA) is 104 Å². The Morgan fingerprint density at radius 1 is 1.29 bits per heavy atom. The maximum Gasteiger partial charge on any atom is 0.422 e. The summed E-state index contributed by atoms with van der Waals surface area (Å²) in [6, 6.07) is 1.19. The second-order valence-corrected chi connectivity index (χ2v) is 7.58. The third kappa shape index (κ3) is 5.39. The van der Waals surface area contributed by atoms with Crippen molar-refractivity contribution in [1.29, 1.82) is 0 Å². The molecule has 168 valence electrons. The molecule has 3 rings (SSSR count). The zero-order chi connectivity index (χ0) is 22.8. The van der Waals surface area contributed by atoms with E-state index in [1.54, 1.807) is 6.92 Å². The summed E-state index contributed by atoms with van der Waals surface area (Å²) >= 11 is 0. The van der Waals surface area contributed by atoms with Crippen molar-refractivity contribution < 1.29 is 36.8 Å². The maximum atomic E-state index is 13.0. The molecule has 11 heteroatoms. The predicted octanol–water partition coefficient (Wildman–Crippen LogP) is 3.69. The summed E-state index contributed by atoms with van der Waals surface area (Å²) in [6.45, 7) is 3.18. The van der Waals surface area contributed by atoms with Gasteiger partial charge in [0.05, 0.1) is 6.61 Å². The Balaban J connectivity index is 1.88. The number of Topliss-reactive ketones (excluding diaryl/α,β-unsaturated/α-hetero) is 1. The van der Waals surface area contributed by atoms with E-state index in [1.807, 2.05) is 0 Å². The van der Waals surface area contributed by atoms with Crippen LogP contribution in [-0.4, -0.2) is 46.3 Å². The van der Waals surface area contributed by atoms with Gasteiger partial charge in [-0.15, -0.1) is 0 Å². The van der Waals surface area contributed by atoms with Gasteiger partial charge in [0.25, 0.3) is 0 Å². The molecule has 0 aliphatic heterocycles. The van der Waals surface area contributed by atoms with Gasteiger partial charge >= 0.3 is 12.1 Å². The average Bonchev–Trinajstić information content (AvgIpc) is 3.45. The van der Waals surface area contributed by atoms with E-state index in [2.05, 4.69) is 15.1 Å². The molecule has 2 heterocycles. The molecule has 0 bridgehead atoms. The summed E-state index contributed by atoms with van der Waals surface area (Å²) < 4.78 is 52.9. The molecule has 1 aliphatic rings. The van der Waals surface area contributed by atoms with Gasteiger partial charge in [-0.05, 0) is 32.6 Å². The Bertz CT molecular complexity index is 971. The Labute approximate surface area is 176 Å². The van der Waals surface area contributed by atoms with Crippen molar-refractivity contribution in [3.05, 3.63) is 35.2 Å². The van der Waals surface area contributed by atoms with Crippen LogP contribution in [0.2, 0.25) is 0 Å². The van der Waals surface area contributed by atoms with E-state index in [4.69, 9.17) is 14.0 Å². The smallest absolute Gasteiger partial charge is 0.422 e. The number of ketones is 1. The summed E-state index contributed by atoms with van der Waals surface area (Å²) in [5, 5.41) is 3.75. The third-order valence-electron chi connectivity index (χ3n) is 4.85. The molecule has 0 amide bonds. The lowest BCUT2D eigenvalue weighted by Gasteiger charge is -2.23. The molecule has 0 radical (unpaired) electrons. The molecule has 0 saturated heterocycles. The Morgan fingerprint density at radius 2 is 2.00 bits per heavy atom. The standard InChI is InChI=1S/C20H22F3N3O5/c1-4-29-18(28)19(3,17-25-11(2)31-26-17)8-15(27)14-7-16(30-10-20(21,22)23)13(9-24-14)12-5-6-12/h7,9,12H,4-6,8,10H2,1-3H3. The molecule has 1 atom stereocenters. The highest BCUT2D eigenvalue weighted by Crippen LogP contribution is 2.44. The fourth-order valence-corrected chi connectivity index (χ4v) is 3.05. The van der Waals surface area contributed by atoms with Crippen molar-refractivity contribution in [2.24, 2.45) is 0 Å². The fraction of sp³-hybridized carbons (Fsp3) is 0.550. The predicted molar refractivity (Wildman–Crippen MR) is 99.7 cm³/mol. The highest BCUT2D eigenvalue weighted by Gasteiger charge is 2.44. The number of pyridine rings is 1. The Morgan fingerprint density at radius 3 is 2.55 bits per heavy atom. The van der Waals surface area contributed by atoms with Crippen molar-refractivity contribution in [2.75, 3.05) is 13.2 Å². The van der Waals surface area contributed by atoms with Gasteiger partial charge in [-0.2, -0.15) is 18.2 Å². The quantitative estimate of drug-likeness (QED) is 0.429. The summed E-state index contributed by atoms with van der Waals surface area (Å²) in [7, 11) is 0. The first-order valence-electron chi connectivity index (χ1n) is 9.74. The summed E-state index contributed by atoms with van der Waals surface area (Å²) in [5.74, 6) is -1.13. The zero-order valence-electron chi connectivity index (χ0n) is 17.3. The number of ether oxygens (including phenoxy) is 2. The molecule has 0 spiro atoms. The maximum absolute atomic E-state index is 13.0. The average molecular weight is 441 g/mol. The van der Waals surface area contributed by atoms with E-state index in [9.17, 15) is 22.8 Å². The van der Waals surface area contributed by atoms with Crippen LogP contribution in [0.1, 0.15) is 66.8 Å². The van der Waals surface area contributed by atoms with Crippen LogP contribution >= 0.6 is 0 Å². The first-order chi connectivity index (χ1) is 14.5. The summed E-state index contributed by atoms with van der Waals surface area (Å²) in [4.78, 5) is 33.7. The number of nitrogens with zero attached hydrogens (tertiary/aromatic N) is 3. The zero-order valence-corrected chi connectivity index (χ0v) is 17.3. The van der Waals surface area contributed by atoms with Crippen molar-refractivity contribution >= 4 is 11.8 Å². The van der Waals surface area contributed by atoms with E-state index in [0.717, 1.165) is 12.8 Å². The molecular formula is C20H22F3N3O5. The van der Waals surface area contributed by atoms with E-state index in [1.165, 1.54) is 26.1 Å². The minimum absolute atomic E-state index is 0.0278. The van der Waals surface area contributed by atoms with Crippen LogP contribution in [0.25, 0.3) is 0 Å². The largest absolute Gasteiger partial charge is 0.484 e. The molecule has 1 saturated carbocycles. The molecule has 0 aromatic carbocycles. The minimum atomic E-state index is -4.52. The summed E-state index contributed by atoms with van der Waals surface area (Å²) in [6.07, 6.45) is -1.95. The molecule has 0 N–H and O–H groups in total. The number of hydrogen-bond acceptors (Lipinski definition) is 8. The van der Waals surface area contributed by atoms with E-state index in [-0.39, 0.29) is 35.7 Å². The first-order valence-corrected chi connectivity index (χ1v) is 9.74. The molecule has 2 aromatic rings. The molecule has 1 unspecified atom stereocenters. The highest BCUT2D eigenvalue weighted by atomic mass is 19.4. The van der Waals surface area contributed by atoms with E-state index in [0.29, 0.717) is 5.56 Å². The normalized spacial score (nSPS) is 15.9. The highest BCUT2D eigenvalue weighted by molar-refractivity contribution is 5.99. The molecular weight excluding hydrogens is 419 g/mol. The Hall–Kier alpha value is -2.98.